The number of hydrogen-bond acceptors (Lipinski definition) is 12. The highest BCUT2D eigenvalue weighted by atomic mass is 16.6. The van der Waals surface area contributed by atoms with Crippen LogP contribution in [0.5, 0.6) is 0 Å². The Kier molecular flexibility index (Phi) is 15.1. The lowest BCUT2D eigenvalue weighted by Crippen LogP contribution is -2.50. The van der Waals surface area contributed by atoms with Crippen molar-refractivity contribution < 1.29 is 48.0 Å². The maximum Gasteiger partial charge on any atom is 0.408 e. The number of carbonyl (C=O) groups is 4. The smallest absolute Gasteiger partial charge is 0.408 e. The van der Waals surface area contributed by atoms with Crippen LogP contribution >= 0.6 is 0 Å². The molecule has 1 saturated carbocycles. The number of aliphatic hydroxyl groups is 1. The number of aromatic amines is 1. The second-order valence-corrected chi connectivity index (χ2v) is 15.3. The standard InChI is InChI=1S/C37H56N6O10/c1-9-10-17-50-36(7,8)33(47)43-31(40-21-39)24-15-16-26(41-24)37(20-38)30(45)29(25(52-37)19-49-27(44)18-23-13-11-12-14-23)51-32(46)28(22(2)3)42-34(48)53-35(4,5)6/h15-16,21-23,25,28-30,41,45H,9-14,17-19H2,1-8H3,(H,42,48)(H2,39,40,43,47)/t25-,28-,29-,30-,37+/m1/s1. The maximum absolute atomic E-state index is 13.6. The predicted octanol–water partition coefficient (Wildman–Crippen LogP) is 4.14. The number of carbonyl (C=O) groups excluding carboxylic acids is 4. The number of aliphatic imine (C=N–C) groups is 1. The number of H-pyrrole nitrogens is 1. The van der Waals surface area contributed by atoms with Gasteiger partial charge in [0.05, 0.1) is 11.4 Å². The molecule has 0 spiro atoms. The minimum absolute atomic E-state index is 0.000932. The molecule has 2 fully saturated rings. The van der Waals surface area contributed by atoms with Crippen LogP contribution in [0.25, 0.3) is 0 Å². The topological polar surface area (TPSA) is 235 Å². The van der Waals surface area contributed by atoms with E-state index in [1.165, 1.54) is 12.1 Å². The molecule has 0 unspecified atom stereocenters. The van der Waals surface area contributed by atoms with E-state index >= 15 is 0 Å². The van der Waals surface area contributed by atoms with Gasteiger partial charge in [-0.2, -0.15) is 5.26 Å². The summed E-state index contributed by atoms with van der Waals surface area (Å²) in [6, 6.07) is 3.67. The third-order valence-corrected chi connectivity index (χ3v) is 9.06. The molecule has 294 valence electrons. The third-order valence-electron chi connectivity index (χ3n) is 9.06. The van der Waals surface area contributed by atoms with Crippen molar-refractivity contribution >= 4 is 36.1 Å². The van der Waals surface area contributed by atoms with Crippen LogP contribution in [-0.4, -0.2) is 95.0 Å². The molecule has 3 rings (SSSR count). The van der Waals surface area contributed by atoms with Crippen molar-refractivity contribution in [3.05, 3.63) is 23.5 Å². The van der Waals surface area contributed by atoms with E-state index in [1.54, 1.807) is 48.5 Å². The minimum Gasteiger partial charge on any atom is -0.463 e. The van der Waals surface area contributed by atoms with Crippen LogP contribution in [-0.2, 0) is 43.7 Å². The number of unbranched alkanes of at least 4 members (excludes halogenated alkanes) is 1. The zero-order chi connectivity index (χ0) is 39.6. The molecule has 2 amide bonds. The van der Waals surface area contributed by atoms with Crippen LogP contribution in [0, 0.1) is 28.6 Å². The Bertz CT molecular complexity index is 1520. The van der Waals surface area contributed by atoms with Crippen molar-refractivity contribution in [1.29, 1.82) is 10.7 Å². The van der Waals surface area contributed by atoms with Crippen LogP contribution in [0.4, 0.5) is 4.79 Å². The number of rotatable bonds is 16. The highest BCUT2D eigenvalue weighted by molar-refractivity contribution is 6.10. The SMILES string of the molecule is CCCCOC(C)(C)C(=O)NC(=NC=N)c1ccc([C@]2(C#N)O[C@H](COC(=O)CC3CCCC3)[C@@H](OC(=O)[C@H](NC(=O)OC(C)(C)C)C(C)C)[C@H]2O)[nH]1. The lowest BCUT2D eigenvalue weighted by atomic mass is 9.92. The van der Waals surface area contributed by atoms with E-state index in [4.69, 9.17) is 29.1 Å². The van der Waals surface area contributed by atoms with Crippen molar-refractivity contribution in [2.75, 3.05) is 13.2 Å². The van der Waals surface area contributed by atoms with Crippen molar-refractivity contribution in [1.82, 2.24) is 15.6 Å². The van der Waals surface area contributed by atoms with Gasteiger partial charge in [0.25, 0.3) is 5.91 Å². The number of amidine groups is 1. The Morgan fingerprint density at radius 1 is 1.19 bits per heavy atom. The Labute approximate surface area is 311 Å². The van der Waals surface area contributed by atoms with Crippen LogP contribution in [0.15, 0.2) is 17.1 Å². The van der Waals surface area contributed by atoms with Gasteiger partial charge >= 0.3 is 18.0 Å². The van der Waals surface area contributed by atoms with Gasteiger partial charge in [-0.25, -0.2) is 14.6 Å². The molecule has 2 aliphatic rings. The number of nitrogens with one attached hydrogen (secondary N) is 4. The molecule has 0 aromatic carbocycles. The van der Waals surface area contributed by atoms with E-state index in [0.29, 0.717) is 6.61 Å². The number of nitriles is 1. The molecular formula is C37H56N6O10. The number of hydrogen-bond donors (Lipinski definition) is 5. The molecule has 1 aliphatic heterocycles. The maximum atomic E-state index is 13.6. The van der Waals surface area contributed by atoms with Crippen LogP contribution in [0.1, 0.15) is 112 Å². The van der Waals surface area contributed by atoms with Gasteiger partial charge in [-0.3, -0.25) is 15.0 Å². The highest BCUT2D eigenvalue weighted by Crippen LogP contribution is 2.41. The molecular weight excluding hydrogens is 688 g/mol. The van der Waals surface area contributed by atoms with Crippen LogP contribution < -0.4 is 10.6 Å². The summed E-state index contributed by atoms with van der Waals surface area (Å²) in [7, 11) is 0. The molecule has 1 aliphatic carbocycles. The summed E-state index contributed by atoms with van der Waals surface area (Å²) in [6.45, 7) is 13.5. The largest absolute Gasteiger partial charge is 0.463 e. The van der Waals surface area contributed by atoms with E-state index in [-0.39, 0.29) is 29.6 Å². The number of amides is 2. The van der Waals surface area contributed by atoms with E-state index in [1.807, 2.05) is 13.0 Å². The normalized spacial score (nSPS) is 22.9. The van der Waals surface area contributed by atoms with E-state index in [0.717, 1.165) is 44.9 Å². The first-order chi connectivity index (χ1) is 24.9. The van der Waals surface area contributed by atoms with Gasteiger partial charge in [0, 0.05) is 13.0 Å². The molecule has 5 N–H and O–H groups in total. The number of alkyl carbamates (subject to hydrolysis) is 1. The summed E-state index contributed by atoms with van der Waals surface area (Å²) in [6.07, 6.45) is 0.909. The molecule has 5 atom stereocenters. The highest BCUT2D eigenvalue weighted by Gasteiger charge is 2.59. The average molecular weight is 745 g/mol. The Morgan fingerprint density at radius 3 is 2.45 bits per heavy atom. The van der Waals surface area contributed by atoms with E-state index < -0.39 is 77.6 Å². The fourth-order valence-electron chi connectivity index (χ4n) is 6.06. The molecule has 0 bridgehead atoms. The van der Waals surface area contributed by atoms with Crippen LogP contribution in [0.2, 0.25) is 0 Å². The lowest BCUT2D eigenvalue weighted by molar-refractivity contribution is -0.163. The quantitative estimate of drug-likeness (QED) is 0.0530. The number of nitrogens with zero attached hydrogens (tertiary/aromatic N) is 2. The lowest BCUT2D eigenvalue weighted by Gasteiger charge is -2.28. The first kappa shape index (κ1) is 43.1. The molecule has 0 radical (unpaired) electrons. The van der Waals surface area contributed by atoms with Crippen molar-refractivity contribution in [3.63, 3.8) is 0 Å². The first-order valence-corrected chi connectivity index (χ1v) is 18.2. The van der Waals surface area contributed by atoms with Gasteiger partial charge in [0.15, 0.2) is 11.9 Å². The number of aliphatic hydroxyl groups excluding tert-OH is 1. The first-order valence-electron chi connectivity index (χ1n) is 18.2. The number of ether oxygens (including phenoxy) is 5. The van der Waals surface area contributed by atoms with Crippen molar-refractivity contribution in [2.24, 2.45) is 16.8 Å². The molecule has 2 heterocycles. The van der Waals surface area contributed by atoms with Crippen LogP contribution in [0.3, 0.4) is 0 Å². The second-order valence-electron chi connectivity index (χ2n) is 15.3. The Morgan fingerprint density at radius 2 is 1.87 bits per heavy atom. The molecule has 1 saturated heterocycles. The van der Waals surface area contributed by atoms with Gasteiger partial charge in [-0.1, -0.05) is 40.0 Å². The van der Waals surface area contributed by atoms with Crippen molar-refractivity contribution in [3.8, 4) is 6.07 Å². The summed E-state index contributed by atoms with van der Waals surface area (Å²) in [5.41, 5.74) is -4.11. The summed E-state index contributed by atoms with van der Waals surface area (Å²) in [5, 5.41) is 35.1. The molecule has 1 aromatic heterocycles. The Balaban J connectivity index is 1.92. The Hall–Kier alpha value is -4.33. The molecule has 16 heteroatoms. The summed E-state index contributed by atoms with van der Waals surface area (Å²) < 4.78 is 28.6. The average Bonchev–Trinajstić information content (AvgIpc) is 3.83. The van der Waals surface area contributed by atoms with E-state index in [9.17, 15) is 29.5 Å². The summed E-state index contributed by atoms with van der Waals surface area (Å²) in [4.78, 5) is 59.1. The van der Waals surface area contributed by atoms with Gasteiger partial charge in [-0.05, 0) is 77.8 Å². The zero-order valence-electron chi connectivity index (χ0n) is 32.1. The fraction of sp³-hybridized carbons (Fsp3) is 0.703. The van der Waals surface area contributed by atoms with Crippen molar-refractivity contribution in [2.45, 2.75) is 141 Å². The van der Waals surface area contributed by atoms with Gasteiger partial charge in [0.2, 0.25) is 5.60 Å². The molecule has 16 nitrogen and oxygen atoms in total. The molecule has 1 aromatic rings. The summed E-state index contributed by atoms with van der Waals surface area (Å²) >= 11 is 0. The second kappa shape index (κ2) is 18.6. The third kappa shape index (κ3) is 11.6. The van der Waals surface area contributed by atoms with Gasteiger partial charge < -0.3 is 44.4 Å². The van der Waals surface area contributed by atoms with E-state index in [2.05, 4.69) is 20.6 Å². The monoisotopic (exact) mass is 744 g/mol. The minimum atomic E-state index is -2.19. The summed E-state index contributed by atoms with van der Waals surface area (Å²) in [5.74, 6) is -2.33. The number of esters is 2. The molecule has 53 heavy (non-hydrogen) atoms. The fourth-order valence-corrected chi connectivity index (χ4v) is 6.06. The van der Waals surface area contributed by atoms with Gasteiger partial charge in [0.1, 0.15) is 48.5 Å². The van der Waals surface area contributed by atoms with Gasteiger partial charge in [-0.15, -0.1) is 0 Å². The number of aromatic nitrogens is 1. The predicted molar refractivity (Wildman–Crippen MR) is 193 cm³/mol. The zero-order valence-corrected chi connectivity index (χ0v) is 32.1.